The Morgan fingerprint density at radius 1 is 1.12 bits per heavy atom. The first-order chi connectivity index (χ1) is 11.4. The van der Waals surface area contributed by atoms with Gasteiger partial charge in [-0.15, -0.1) is 0 Å². The van der Waals surface area contributed by atoms with E-state index in [-0.39, 0.29) is 5.97 Å². The highest BCUT2D eigenvalue weighted by atomic mass is 16.7. The number of esters is 1. The number of fused-ring (bicyclic) bond motifs is 2. The van der Waals surface area contributed by atoms with Crippen LogP contribution in [0.1, 0.15) is 79.1 Å². The van der Waals surface area contributed by atoms with Crippen LogP contribution in [-0.2, 0) is 19.0 Å². The van der Waals surface area contributed by atoms with Crippen LogP contribution in [0.5, 0.6) is 0 Å². The van der Waals surface area contributed by atoms with Crippen LogP contribution in [0.25, 0.3) is 0 Å². The number of hydrogen-bond donors (Lipinski definition) is 0. The molecule has 4 nitrogen and oxygen atoms in total. The maximum absolute atomic E-state index is 12.7. The molecule has 0 aromatic carbocycles. The van der Waals surface area contributed by atoms with Crippen LogP contribution in [0.2, 0.25) is 0 Å². The fourth-order valence-electron chi connectivity index (χ4n) is 4.11. The van der Waals surface area contributed by atoms with Gasteiger partial charge in [0.05, 0.1) is 12.0 Å². The van der Waals surface area contributed by atoms with Gasteiger partial charge in [-0.25, -0.2) is 0 Å². The molecule has 140 valence electrons. The molecule has 0 spiro atoms. The molecule has 2 aliphatic rings. The van der Waals surface area contributed by atoms with Crippen LogP contribution in [0.15, 0.2) is 0 Å². The largest absolute Gasteiger partial charge is 0.456 e. The Morgan fingerprint density at radius 2 is 1.79 bits per heavy atom. The predicted molar refractivity (Wildman–Crippen MR) is 94.6 cm³/mol. The molecule has 2 aliphatic carbocycles. The van der Waals surface area contributed by atoms with Crippen molar-refractivity contribution in [1.29, 1.82) is 0 Å². The summed E-state index contributed by atoms with van der Waals surface area (Å²) in [5.74, 6) is 1.27. The van der Waals surface area contributed by atoms with E-state index in [1.165, 1.54) is 25.7 Å². The maximum Gasteiger partial charge on any atom is 0.312 e. The Labute approximate surface area is 147 Å². The molecule has 2 rings (SSSR count). The first kappa shape index (κ1) is 19.7. The van der Waals surface area contributed by atoms with E-state index in [1.807, 2.05) is 20.8 Å². The highest BCUT2D eigenvalue weighted by molar-refractivity contribution is 5.76. The van der Waals surface area contributed by atoms with Crippen molar-refractivity contribution in [3.63, 3.8) is 0 Å². The van der Waals surface area contributed by atoms with Gasteiger partial charge in [0.25, 0.3) is 0 Å². The molecule has 0 heterocycles. The van der Waals surface area contributed by atoms with Crippen LogP contribution in [0.3, 0.4) is 0 Å². The highest BCUT2D eigenvalue weighted by Crippen LogP contribution is 2.47. The van der Waals surface area contributed by atoms with E-state index >= 15 is 0 Å². The third-order valence-electron chi connectivity index (χ3n) is 5.84. The summed E-state index contributed by atoms with van der Waals surface area (Å²) in [6.45, 7) is 9.53. The molecule has 2 unspecified atom stereocenters. The molecule has 2 atom stereocenters. The van der Waals surface area contributed by atoms with Gasteiger partial charge in [0.1, 0.15) is 12.4 Å². The number of rotatable bonds is 9. The summed E-state index contributed by atoms with van der Waals surface area (Å²) < 4.78 is 17.4. The molecule has 4 heteroatoms. The van der Waals surface area contributed by atoms with Gasteiger partial charge in [0.15, 0.2) is 0 Å². The van der Waals surface area contributed by atoms with Gasteiger partial charge in [-0.3, -0.25) is 4.79 Å². The predicted octanol–water partition coefficient (Wildman–Crippen LogP) is 4.71. The fourth-order valence-corrected chi connectivity index (χ4v) is 4.11. The normalized spacial score (nSPS) is 30.2. The number of ether oxygens (including phenoxy) is 3. The average Bonchev–Trinajstić information content (AvgIpc) is 2.54. The van der Waals surface area contributed by atoms with E-state index in [0.717, 1.165) is 25.7 Å². The van der Waals surface area contributed by atoms with Gasteiger partial charge < -0.3 is 14.2 Å². The zero-order valence-corrected chi connectivity index (χ0v) is 16.1. The molecule has 0 aliphatic heterocycles. The minimum absolute atomic E-state index is 0.0805. The molecule has 0 aromatic heterocycles. The van der Waals surface area contributed by atoms with Crippen LogP contribution >= 0.6 is 0 Å². The van der Waals surface area contributed by atoms with Crippen LogP contribution < -0.4 is 0 Å². The highest BCUT2D eigenvalue weighted by Gasteiger charge is 2.46. The monoisotopic (exact) mass is 340 g/mol. The van der Waals surface area contributed by atoms with Crippen molar-refractivity contribution in [3.05, 3.63) is 0 Å². The molecular formula is C20H36O4. The Bertz CT molecular complexity index is 392. The van der Waals surface area contributed by atoms with Crippen molar-refractivity contribution >= 4 is 5.97 Å². The summed E-state index contributed by atoms with van der Waals surface area (Å²) in [6, 6.07) is 0. The van der Waals surface area contributed by atoms with Gasteiger partial charge >= 0.3 is 5.97 Å². The van der Waals surface area contributed by atoms with E-state index in [1.54, 1.807) is 0 Å². The molecule has 24 heavy (non-hydrogen) atoms. The lowest BCUT2D eigenvalue weighted by atomic mass is 9.66. The molecular weight excluding hydrogens is 304 g/mol. The van der Waals surface area contributed by atoms with Crippen molar-refractivity contribution in [2.75, 3.05) is 20.0 Å². The van der Waals surface area contributed by atoms with E-state index in [4.69, 9.17) is 14.2 Å². The minimum atomic E-state index is -0.451. The Morgan fingerprint density at radius 3 is 2.38 bits per heavy atom. The van der Waals surface area contributed by atoms with Gasteiger partial charge in [-0.1, -0.05) is 33.1 Å². The Balaban J connectivity index is 2.02. The van der Waals surface area contributed by atoms with E-state index in [0.29, 0.717) is 31.8 Å². The third kappa shape index (κ3) is 5.19. The molecule has 0 radical (unpaired) electrons. The number of hydrogen-bond acceptors (Lipinski definition) is 4. The lowest BCUT2D eigenvalue weighted by Gasteiger charge is -2.47. The molecule has 0 saturated heterocycles. The molecule has 2 fully saturated rings. The quantitative estimate of drug-likeness (QED) is 0.346. The molecule has 0 N–H and O–H groups in total. The summed E-state index contributed by atoms with van der Waals surface area (Å²) in [6.07, 6.45) is 8.81. The van der Waals surface area contributed by atoms with Crippen molar-refractivity contribution in [3.8, 4) is 0 Å². The second kappa shape index (κ2) is 8.66. The summed E-state index contributed by atoms with van der Waals surface area (Å²) in [5.41, 5.74) is -0.884. The Hall–Kier alpha value is -0.610. The van der Waals surface area contributed by atoms with Crippen LogP contribution in [0, 0.1) is 17.3 Å². The second-order valence-corrected chi connectivity index (χ2v) is 8.49. The van der Waals surface area contributed by atoms with Gasteiger partial charge in [-0.05, 0) is 57.8 Å². The standard InChI is InChI=1S/C20H36O4/c1-5-10-22-15-23-14-20(24-18(21)19(3,4)6-2)12-16-8-7-9-17(11-16)13-20/h16-17H,5-15H2,1-4H3. The zero-order chi connectivity index (χ0) is 17.6. The average molecular weight is 341 g/mol. The van der Waals surface area contributed by atoms with E-state index in [9.17, 15) is 4.79 Å². The van der Waals surface area contributed by atoms with Crippen molar-refractivity contribution in [2.24, 2.45) is 17.3 Å². The third-order valence-corrected chi connectivity index (χ3v) is 5.84. The zero-order valence-electron chi connectivity index (χ0n) is 16.1. The second-order valence-electron chi connectivity index (χ2n) is 8.49. The summed E-state index contributed by atoms with van der Waals surface area (Å²) in [5, 5.41) is 0. The number of carbonyl (C=O) groups excluding carboxylic acids is 1. The molecule has 0 amide bonds. The molecule has 0 aromatic rings. The topological polar surface area (TPSA) is 44.8 Å². The van der Waals surface area contributed by atoms with Gasteiger partial charge in [0.2, 0.25) is 0 Å². The van der Waals surface area contributed by atoms with E-state index < -0.39 is 11.0 Å². The van der Waals surface area contributed by atoms with E-state index in [2.05, 4.69) is 6.92 Å². The van der Waals surface area contributed by atoms with Gasteiger partial charge in [0, 0.05) is 6.61 Å². The summed E-state index contributed by atoms with van der Waals surface area (Å²) in [7, 11) is 0. The first-order valence-corrected chi connectivity index (χ1v) is 9.79. The van der Waals surface area contributed by atoms with Crippen molar-refractivity contribution in [2.45, 2.75) is 84.7 Å². The lowest BCUT2D eigenvalue weighted by Crippen LogP contribution is -2.49. The SMILES string of the molecule is CCCOCOCC1(OC(=O)C(C)(C)CC)CC2CCCC(C2)C1. The summed E-state index contributed by atoms with van der Waals surface area (Å²) in [4.78, 5) is 12.7. The molecule has 2 bridgehead atoms. The smallest absolute Gasteiger partial charge is 0.312 e. The minimum Gasteiger partial charge on any atom is -0.456 e. The first-order valence-electron chi connectivity index (χ1n) is 9.79. The lowest BCUT2D eigenvalue weighted by molar-refractivity contribution is -0.196. The van der Waals surface area contributed by atoms with Crippen LogP contribution in [-0.4, -0.2) is 31.6 Å². The van der Waals surface area contributed by atoms with Crippen LogP contribution in [0.4, 0.5) is 0 Å². The Kier molecular flexibility index (Phi) is 7.11. The molecule has 2 saturated carbocycles. The van der Waals surface area contributed by atoms with Crippen molar-refractivity contribution in [1.82, 2.24) is 0 Å². The number of carbonyl (C=O) groups is 1. The summed E-state index contributed by atoms with van der Waals surface area (Å²) >= 11 is 0. The maximum atomic E-state index is 12.7. The fraction of sp³-hybridized carbons (Fsp3) is 0.950. The van der Waals surface area contributed by atoms with Crippen molar-refractivity contribution < 1.29 is 19.0 Å². The van der Waals surface area contributed by atoms with Gasteiger partial charge in [-0.2, -0.15) is 0 Å².